The van der Waals surface area contributed by atoms with Crippen LogP contribution < -0.4 is 0 Å². The smallest absolute Gasteiger partial charge is 0.257 e. The lowest BCUT2D eigenvalue weighted by Crippen LogP contribution is -2.22. The lowest BCUT2D eigenvalue weighted by molar-refractivity contribution is 0.487. The van der Waals surface area contributed by atoms with Gasteiger partial charge in [0.2, 0.25) is 10.0 Å². The number of thioether (sulfide) groups is 1. The van der Waals surface area contributed by atoms with Crippen LogP contribution in [0.2, 0.25) is 0 Å². The van der Waals surface area contributed by atoms with E-state index in [4.69, 9.17) is 4.42 Å². The summed E-state index contributed by atoms with van der Waals surface area (Å²) in [6.07, 6.45) is 3.62. The van der Waals surface area contributed by atoms with E-state index in [-0.39, 0.29) is 4.90 Å². The Morgan fingerprint density at radius 3 is 2.73 bits per heavy atom. The molecule has 1 fully saturated rings. The summed E-state index contributed by atoms with van der Waals surface area (Å²) in [5.74, 6) is 0.763. The topological polar surface area (TPSA) is 63.4 Å². The molecule has 0 N–H and O–H groups in total. The van der Waals surface area contributed by atoms with E-state index in [1.54, 1.807) is 30.0 Å². The zero-order valence-electron chi connectivity index (χ0n) is 12.9. The number of hydrogen-bond acceptors (Lipinski definition) is 5. The largest absolute Gasteiger partial charge is 0.431 e. The summed E-state index contributed by atoms with van der Waals surface area (Å²) in [7, 11) is -0.406. The van der Waals surface area contributed by atoms with Crippen LogP contribution in [0.25, 0.3) is 11.1 Å². The molecule has 0 aliphatic heterocycles. The molecule has 0 unspecified atom stereocenters. The number of aromatic nitrogens is 1. The quantitative estimate of drug-likeness (QED) is 0.854. The van der Waals surface area contributed by atoms with E-state index >= 15 is 0 Å². The van der Waals surface area contributed by atoms with Gasteiger partial charge in [0.15, 0.2) is 5.58 Å². The second kappa shape index (κ2) is 5.86. The van der Waals surface area contributed by atoms with Crippen molar-refractivity contribution < 1.29 is 12.8 Å². The van der Waals surface area contributed by atoms with Gasteiger partial charge in [0.05, 0.1) is 4.90 Å². The van der Waals surface area contributed by atoms with Gasteiger partial charge >= 0.3 is 0 Å². The first-order valence-corrected chi connectivity index (χ1v) is 9.68. The molecule has 0 bridgehead atoms. The molecule has 1 heterocycles. The molecule has 22 heavy (non-hydrogen) atoms. The maximum Gasteiger partial charge on any atom is 0.257 e. The van der Waals surface area contributed by atoms with Crippen molar-refractivity contribution in [2.75, 3.05) is 14.1 Å². The lowest BCUT2D eigenvalue weighted by Gasteiger charge is -2.10. The molecule has 0 radical (unpaired) electrons. The normalized spacial score (nSPS) is 22.7. The third kappa shape index (κ3) is 3.02. The van der Waals surface area contributed by atoms with Gasteiger partial charge in [-0.1, -0.05) is 18.7 Å². The number of benzene rings is 1. The van der Waals surface area contributed by atoms with Crippen LogP contribution in [0, 0.1) is 5.92 Å². The van der Waals surface area contributed by atoms with Gasteiger partial charge in [0.25, 0.3) is 5.22 Å². The molecule has 0 saturated heterocycles. The highest BCUT2D eigenvalue weighted by Crippen LogP contribution is 2.38. The van der Waals surface area contributed by atoms with Gasteiger partial charge in [-0.3, -0.25) is 0 Å². The number of fused-ring (bicyclic) bond motifs is 1. The number of oxazole rings is 1. The fourth-order valence-electron chi connectivity index (χ4n) is 2.71. The molecule has 0 spiro atoms. The minimum absolute atomic E-state index is 0.240. The standard InChI is InChI=1S/C15H20N2O3S2/c1-10-4-5-11(8-10)21-15-16-13-9-12(6-7-14(13)20-15)22(18,19)17(2)3/h6-7,9-11H,4-5,8H2,1-3H3/t10-,11+/m1/s1. The highest BCUT2D eigenvalue weighted by atomic mass is 32.2. The average Bonchev–Trinajstić information content (AvgIpc) is 3.03. The molecule has 120 valence electrons. The van der Waals surface area contributed by atoms with Crippen molar-refractivity contribution in [2.24, 2.45) is 5.92 Å². The van der Waals surface area contributed by atoms with Crippen molar-refractivity contribution in [3.8, 4) is 0 Å². The lowest BCUT2D eigenvalue weighted by atomic mass is 10.1. The van der Waals surface area contributed by atoms with E-state index in [0.29, 0.717) is 21.6 Å². The van der Waals surface area contributed by atoms with Crippen molar-refractivity contribution in [3.63, 3.8) is 0 Å². The Labute approximate surface area is 135 Å². The Morgan fingerprint density at radius 2 is 2.09 bits per heavy atom. The highest BCUT2D eigenvalue weighted by Gasteiger charge is 2.24. The molecular formula is C15H20N2O3S2. The maximum atomic E-state index is 12.2. The van der Waals surface area contributed by atoms with Gasteiger partial charge < -0.3 is 4.42 Å². The first kappa shape index (κ1) is 15.8. The Hall–Kier alpha value is -1.05. The Bertz CT molecular complexity index is 783. The Kier molecular flexibility index (Phi) is 4.22. The highest BCUT2D eigenvalue weighted by molar-refractivity contribution is 7.99. The van der Waals surface area contributed by atoms with Gasteiger partial charge in [-0.25, -0.2) is 17.7 Å². The van der Waals surface area contributed by atoms with Crippen LogP contribution >= 0.6 is 11.8 Å². The van der Waals surface area contributed by atoms with E-state index in [1.165, 1.54) is 37.7 Å². The predicted octanol–water partition coefficient (Wildman–Crippen LogP) is 3.36. The molecule has 3 rings (SSSR count). The summed E-state index contributed by atoms with van der Waals surface area (Å²) in [4.78, 5) is 4.69. The van der Waals surface area contributed by atoms with Crippen molar-refractivity contribution in [2.45, 2.75) is 41.6 Å². The summed E-state index contributed by atoms with van der Waals surface area (Å²) in [6, 6.07) is 4.82. The zero-order chi connectivity index (χ0) is 15.9. The van der Waals surface area contributed by atoms with Gasteiger partial charge in [-0.05, 0) is 43.4 Å². The van der Waals surface area contributed by atoms with E-state index in [2.05, 4.69) is 11.9 Å². The van der Waals surface area contributed by atoms with Gasteiger partial charge in [0.1, 0.15) is 5.52 Å². The third-order valence-electron chi connectivity index (χ3n) is 4.03. The van der Waals surface area contributed by atoms with Crippen LogP contribution in [0.3, 0.4) is 0 Å². The minimum Gasteiger partial charge on any atom is -0.431 e. The minimum atomic E-state index is -3.44. The summed E-state index contributed by atoms with van der Waals surface area (Å²) >= 11 is 1.66. The maximum absolute atomic E-state index is 12.2. The molecule has 2 aromatic rings. The molecular weight excluding hydrogens is 320 g/mol. The molecule has 7 heteroatoms. The van der Waals surface area contributed by atoms with E-state index < -0.39 is 10.0 Å². The summed E-state index contributed by atoms with van der Waals surface area (Å²) in [5.41, 5.74) is 1.22. The van der Waals surface area contributed by atoms with Crippen LogP contribution in [0.1, 0.15) is 26.2 Å². The van der Waals surface area contributed by atoms with Crippen molar-refractivity contribution >= 4 is 32.9 Å². The monoisotopic (exact) mass is 340 g/mol. The van der Waals surface area contributed by atoms with Crippen LogP contribution in [0.15, 0.2) is 32.7 Å². The van der Waals surface area contributed by atoms with Gasteiger partial charge in [0, 0.05) is 19.3 Å². The second-order valence-corrected chi connectivity index (χ2v) is 9.46. The number of hydrogen-bond donors (Lipinski definition) is 0. The second-order valence-electron chi connectivity index (χ2n) is 6.05. The van der Waals surface area contributed by atoms with Crippen LogP contribution in [0.4, 0.5) is 0 Å². The fourth-order valence-corrected chi connectivity index (χ4v) is 4.89. The third-order valence-corrected chi connectivity index (χ3v) is 6.98. The van der Waals surface area contributed by atoms with Crippen LogP contribution in [-0.4, -0.2) is 37.1 Å². The molecule has 5 nitrogen and oxygen atoms in total. The van der Waals surface area contributed by atoms with Crippen molar-refractivity contribution in [1.29, 1.82) is 0 Å². The molecule has 1 saturated carbocycles. The summed E-state index contributed by atoms with van der Waals surface area (Å²) in [6.45, 7) is 2.27. The Morgan fingerprint density at radius 1 is 1.32 bits per heavy atom. The first-order chi connectivity index (χ1) is 10.4. The molecule has 1 aliphatic carbocycles. The summed E-state index contributed by atoms with van der Waals surface area (Å²) < 4.78 is 31.3. The average molecular weight is 340 g/mol. The zero-order valence-corrected chi connectivity index (χ0v) is 14.6. The van der Waals surface area contributed by atoms with E-state index in [0.717, 1.165) is 5.92 Å². The van der Waals surface area contributed by atoms with E-state index in [1.807, 2.05) is 0 Å². The van der Waals surface area contributed by atoms with Crippen molar-refractivity contribution in [1.82, 2.24) is 9.29 Å². The van der Waals surface area contributed by atoms with E-state index in [9.17, 15) is 8.42 Å². The SMILES string of the molecule is C[C@@H]1CC[C@H](Sc2nc3cc(S(=O)(=O)N(C)C)ccc3o2)C1. The molecule has 1 aromatic carbocycles. The molecule has 1 aromatic heterocycles. The number of rotatable bonds is 4. The van der Waals surface area contributed by atoms with Crippen molar-refractivity contribution in [3.05, 3.63) is 18.2 Å². The van der Waals surface area contributed by atoms with Crippen LogP contribution in [-0.2, 0) is 10.0 Å². The van der Waals surface area contributed by atoms with Gasteiger partial charge in [-0.15, -0.1) is 0 Å². The predicted molar refractivity (Wildman–Crippen MR) is 87.5 cm³/mol. The number of nitrogens with zero attached hydrogens (tertiary/aromatic N) is 2. The van der Waals surface area contributed by atoms with Gasteiger partial charge in [-0.2, -0.15) is 0 Å². The number of sulfonamides is 1. The summed E-state index contributed by atoms with van der Waals surface area (Å²) in [5, 5.41) is 1.18. The fraction of sp³-hybridized carbons (Fsp3) is 0.533. The first-order valence-electron chi connectivity index (χ1n) is 7.36. The molecule has 0 amide bonds. The molecule has 2 atom stereocenters. The molecule has 1 aliphatic rings. The Balaban J connectivity index is 1.87. The van der Waals surface area contributed by atoms with Crippen LogP contribution in [0.5, 0.6) is 0 Å².